The highest BCUT2D eigenvalue weighted by atomic mass is 16.5. The van der Waals surface area contributed by atoms with Gasteiger partial charge in [0.15, 0.2) is 0 Å². The van der Waals surface area contributed by atoms with Gasteiger partial charge in [-0.2, -0.15) is 0 Å². The molecule has 27 heavy (non-hydrogen) atoms. The molecule has 1 aliphatic heterocycles. The summed E-state index contributed by atoms with van der Waals surface area (Å²) < 4.78 is 5.35. The molecule has 5 rings (SSSR count). The topological polar surface area (TPSA) is 63.7 Å². The van der Waals surface area contributed by atoms with Crippen LogP contribution >= 0.6 is 0 Å². The van der Waals surface area contributed by atoms with Crippen molar-refractivity contribution in [3.8, 4) is 5.75 Å². The first kappa shape index (κ1) is 16.0. The summed E-state index contributed by atoms with van der Waals surface area (Å²) in [6.45, 7) is 0. The minimum absolute atomic E-state index is 0.115. The Labute approximate surface area is 156 Å². The number of carbonyl (C=O) groups excluding carboxylic acids is 3. The lowest BCUT2D eigenvalue weighted by Crippen LogP contribution is -2.32. The highest BCUT2D eigenvalue weighted by Crippen LogP contribution is 2.53. The Bertz CT molecular complexity index is 934. The number of amides is 2. The van der Waals surface area contributed by atoms with Crippen LogP contribution in [0.2, 0.25) is 0 Å². The van der Waals surface area contributed by atoms with E-state index in [9.17, 15) is 14.4 Å². The Hall–Kier alpha value is -3.21. The molecule has 1 saturated carbocycles. The van der Waals surface area contributed by atoms with Crippen LogP contribution in [-0.2, 0) is 9.59 Å². The Morgan fingerprint density at radius 1 is 0.852 bits per heavy atom. The number of fused-ring (bicyclic) bond motifs is 5. The SMILES string of the molecule is O=C(Oc1ccc(N2C(=O)[C@@H]3[C@H](C2=O)[C@@H]2C=C[C@@H]3C2)cc1)c1ccccc1. The van der Waals surface area contributed by atoms with Crippen molar-refractivity contribution >= 4 is 23.5 Å². The molecular weight excluding hydrogens is 342 g/mol. The maximum atomic E-state index is 12.8. The summed E-state index contributed by atoms with van der Waals surface area (Å²) in [7, 11) is 0. The molecule has 2 fully saturated rings. The average molecular weight is 359 g/mol. The van der Waals surface area contributed by atoms with Gasteiger partial charge in [0.05, 0.1) is 23.1 Å². The predicted molar refractivity (Wildman–Crippen MR) is 98.1 cm³/mol. The number of nitrogens with zero attached hydrogens (tertiary/aromatic N) is 1. The lowest BCUT2D eigenvalue weighted by atomic mass is 9.85. The zero-order valence-electron chi connectivity index (χ0n) is 14.4. The van der Waals surface area contributed by atoms with Crippen LogP contribution in [0.3, 0.4) is 0 Å². The van der Waals surface area contributed by atoms with Gasteiger partial charge >= 0.3 is 5.97 Å². The third kappa shape index (κ3) is 2.42. The Morgan fingerprint density at radius 2 is 1.44 bits per heavy atom. The number of ether oxygens (including phenoxy) is 1. The number of imide groups is 1. The number of hydrogen-bond acceptors (Lipinski definition) is 4. The van der Waals surface area contributed by atoms with E-state index in [0.717, 1.165) is 6.42 Å². The molecule has 2 aliphatic carbocycles. The molecule has 2 amide bonds. The first-order valence-electron chi connectivity index (χ1n) is 9.07. The van der Waals surface area contributed by atoms with Gasteiger partial charge in [0, 0.05) is 0 Å². The van der Waals surface area contributed by atoms with E-state index in [1.807, 2.05) is 6.07 Å². The standard InChI is InChI=1S/C22H17NO4/c24-20-18-14-6-7-15(12-14)19(18)21(25)23(20)16-8-10-17(11-9-16)27-22(26)13-4-2-1-3-5-13/h1-11,14-15,18-19H,12H2/t14-,15-,18-,19+/m1/s1. The van der Waals surface area contributed by atoms with Crippen LogP contribution in [0.4, 0.5) is 5.69 Å². The number of allylic oxidation sites excluding steroid dienone is 2. The summed E-state index contributed by atoms with van der Waals surface area (Å²) in [5.41, 5.74) is 0.987. The summed E-state index contributed by atoms with van der Waals surface area (Å²) in [6.07, 6.45) is 5.06. The molecule has 0 unspecified atom stereocenters. The van der Waals surface area contributed by atoms with Gasteiger partial charge in [-0.1, -0.05) is 30.4 Å². The zero-order chi connectivity index (χ0) is 18.5. The van der Waals surface area contributed by atoms with E-state index in [1.54, 1.807) is 48.5 Å². The predicted octanol–water partition coefficient (Wildman–Crippen LogP) is 3.22. The van der Waals surface area contributed by atoms with Crippen molar-refractivity contribution in [2.45, 2.75) is 6.42 Å². The second-order valence-electron chi connectivity index (χ2n) is 7.26. The van der Waals surface area contributed by atoms with Crippen molar-refractivity contribution in [1.82, 2.24) is 0 Å². The monoisotopic (exact) mass is 359 g/mol. The lowest BCUT2D eigenvalue weighted by Gasteiger charge is -2.17. The minimum atomic E-state index is -0.450. The first-order chi connectivity index (χ1) is 13.1. The smallest absolute Gasteiger partial charge is 0.343 e. The maximum absolute atomic E-state index is 12.8. The number of rotatable bonds is 3. The van der Waals surface area contributed by atoms with Gasteiger partial charge in [0.2, 0.25) is 11.8 Å². The number of benzene rings is 2. The molecule has 1 heterocycles. The van der Waals surface area contributed by atoms with Crippen molar-refractivity contribution in [3.05, 3.63) is 72.3 Å². The van der Waals surface area contributed by atoms with Crippen LogP contribution in [0, 0.1) is 23.7 Å². The molecule has 0 N–H and O–H groups in total. The molecule has 0 radical (unpaired) electrons. The van der Waals surface area contributed by atoms with Gasteiger partial charge in [0.1, 0.15) is 5.75 Å². The molecule has 2 aromatic carbocycles. The van der Waals surface area contributed by atoms with E-state index in [1.165, 1.54) is 4.90 Å². The number of anilines is 1. The van der Waals surface area contributed by atoms with E-state index in [4.69, 9.17) is 4.74 Å². The molecule has 5 heteroatoms. The molecule has 2 bridgehead atoms. The number of hydrogen-bond donors (Lipinski definition) is 0. The minimum Gasteiger partial charge on any atom is -0.423 e. The molecule has 2 aromatic rings. The molecule has 1 saturated heterocycles. The molecule has 3 aliphatic rings. The summed E-state index contributed by atoms with van der Waals surface area (Å²) in [5, 5.41) is 0. The van der Waals surface area contributed by atoms with E-state index < -0.39 is 5.97 Å². The summed E-state index contributed by atoms with van der Waals surface area (Å²) in [4.78, 5) is 39.1. The summed E-state index contributed by atoms with van der Waals surface area (Å²) >= 11 is 0. The third-order valence-electron chi connectivity index (χ3n) is 5.79. The fraction of sp³-hybridized carbons (Fsp3) is 0.227. The second kappa shape index (κ2) is 5.91. The summed E-state index contributed by atoms with van der Waals surface area (Å²) in [5.74, 6) is -0.375. The second-order valence-corrected chi connectivity index (χ2v) is 7.26. The van der Waals surface area contributed by atoms with Crippen molar-refractivity contribution in [3.63, 3.8) is 0 Å². The fourth-order valence-corrected chi connectivity index (χ4v) is 4.56. The van der Waals surface area contributed by atoms with Crippen LogP contribution in [0.15, 0.2) is 66.7 Å². The van der Waals surface area contributed by atoms with Crippen LogP contribution in [0.5, 0.6) is 5.75 Å². The van der Waals surface area contributed by atoms with Gasteiger partial charge in [-0.3, -0.25) is 14.5 Å². The van der Waals surface area contributed by atoms with Crippen LogP contribution in [0.1, 0.15) is 16.8 Å². The Morgan fingerprint density at radius 3 is 2.04 bits per heavy atom. The molecule has 0 spiro atoms. The maximum Gasteiger partial charge on any atom is 0.343 e. The van der Waals surface area contributed by atoms with Crippen molar-refractivity contribution in [2.75, 3.05) is 4.90 Å². The van der Waals surface area contributed by atoms with Gasteiger partial charge in [-0.15, -0.1) is 0 Å². The lowest BCUT2D eigenvalue weighted by molar-refractivity contribution is -0.123. The van der Waals surface area contributed by atoms with Crippen LogP contribution in [0.25, 0.3) is 0 Å². The van der Waals surface area contributed by atoms with E-state index >= 15 is 0 Å². The van der Waals surface area contributed by atoms with E-state index in [-0.39, 0.29) is 35.5 Å². The first-order valence-corrected chi connectivity index (χ1v) is 9.07. The average Bonchev–Trinajstić information content (AvgIpc) is 3.37. The Kier molecular flexibility index (Phi) is 3.50. The van der Waals surface area contributed by atoms with Gasteiger partial charge in [0.25, 0.3) is 0 Å². The van der Waals surface area contributed by atoms with E-state index in [2.05, 4.69) is 12.2 Å². The van der Waals surface area contributed by atoms with E-state index in [0.29, 0.717) is 17.0 Å². The van der Waals surface area contributed by atoms with Crippen molar-refractivity contribution in [1.29, 1.82) is 0 Å². The van der Waals surface area contributed by atoms with Crippen molar-refractivity contribution < 1.29 is 19.1 Å². The molecular formula is C22H17NO4. The third-order valence-corrected chi connectivity index (χ3v) is 5.79. The van der Waals surface area contributed by atoms with Crippen molar-refractivity contribution in [2.24, 2.45) is 23.7 Å². The van der Waals surface area contributed by atoms with Gasteiger partial charge in [-0.25, -0.2) is 4.79 Å². The highest BCUT2D eigenvalue weighted by Gasteiger charge is 2.59. The summed E-state index contributed by atoms with van der Waals surface area (Å²) in [6, 6.07) is 15.2. The van der Waals surface area contributed by atoms with Gasteiger partial charge in [-0.05, 0) is 54.7 Å². The number of esters is 1. The van der Waals surface area contributed by atoms with Gasteiger partial charge < -0.3 is 4.74 Å². The number of carbonyl (C=O) groups is 3. The van der Waals surface area contributed by atoms with Crippen LogP contribution in [-0.4, -0.2) is 17.8 Å². The normalized spacial score (nSPS) is 27.9. The fourth-order valence-electron chi connectivity index (χ4n) is 4.56. The molecule has 4 atom stereocenters. The highest BCUT2D eigenvalue weighted by molar-refractivity contribution is 6.22. The molecule has 5 nitrogen and oxygen atoms in total. The Balaban J connectivity index is 1.35. The largest absolute Gasteiger partial charge is 0.423 e. The zero-order valence-corrected chi connectivity index (χ0v) is 14.4. The quantitative estimate of drug-likeness (QED) is 0.365. The van der Waals surface area contributed by atoms with Crippen LogP contribution < -0.4 is 9.64 Å². The molecule has 0 aromatic heterocycles. The molecule has 134 valence electrons.